The number of amides is 2. The minimum absolute atomic E-state index is 0.191. The normalized spacial score (nSPS) is 11.7. The summed E-state index contributed by atoms with van der Waals surface area (Å²) in [6.45, 7) is 4.86. The number of rotatable bonds is 5. The molecule has 1 aromatic rings. The van der Waals surface area contributed by atoms with E-state index in [9.17, 15) is 9.59 Å². The Morgan fingerprint density at radius 1 is 1.32 bits per heavy atom. The van der Waals surface area contributed by atoms with Gasteiger partial charge in [-0.05, 0) is 30.2 Å². The third kappa shape index (κ3) is 4.62. The summed E-state index contributed by atoms with van der Waals surface area (Å²) in [5, 5.41) is 11.5. The molecule has 5 heteroatoms. The van der Waals surface area contributed by atoms with E-state index in [-0.39, 0.29) is 11.6 Å². The maximum absolute atomic E-state index is 11.9. The van der Waals surface area contributed by atoms with Crippen molar-refractivity contribution in [3.8, 4) is 0 Å². The lowest BCUT2D eigenvalue weighted by molar-refractivity contribution is 0.0697. The number of hydrogen-bond acceptors (Lipinski definition) is 2. The standard InChI is InChI=1S/C14H20N2O3/c1-4-10(2)9-16(3)14(19)15-12-7-5-11(6-8-12)13(17)18/h5-8,10H,4,9H2,1-3H3,(H,15,19)(H,17,18). The van der Waals surface area contributed by atoms with Crippen molar-refractivity contribution in [1.29, 1.82) is 0 Å². The number of hydrogen-bond donors (Lipinski definition) is 2. The number of nitrogens with zero attached hydrogens (tertiary/aromatic N) is 1. The van der Waals surface area contributed by atoms with E-state index in [0.29, 0.717) is 18.2 Å². The molecular formula is C14H20N2O3. The van der Waals surface area contributed by atoms with Crippen molar-refractivity contribution in [2.75, 3.05) is 18.9 Å². The van der Waals surface area contributed by atoms with Gasteiger partial charge in [0.25, 0.3) is 0 Å². The maximum Gasteiger partial charge on any atom is 0.335 e. The van der Waals surface area contributed by atoms with Crippen molar-refractivity contribution in [3.63, 3.8) is 0 Å². The smallest absolute Gasteiger partial charge is 0.335 e. The summed E-state index contributed by atoms with van der Waals surface area (Å²) < 4.78 is 0. The van der Waals surface area contributed by atoms with Gasteiger partial charge in [-0.2, -0.15) is 0 Å². The molecule has 0 fully saturated rings. The van der Waals surface area contributed by atoms with Gasteiger partial charge in [0, 0.05) is 19.3 Å². The van der Waals surface area contributed by atoms with E-state index in [1.165, 1.54) is 12.1 Å². The third-order valence-electron chi connectivity index (χ3n) is 3.01. The second-order valence-corrected chi connectivity index (χ2v) is 4.71. The first kappa shape index (κ1) is 15.0. The topological polar surface area (TPSA) is 69.6 Å². The highest BCUT2D eigenvalue weighted by molar-refractivity contribution is 5.91. The lowest BCUT2D eigenvalue weighted by Gasteiger charge is -2.21. The van der Waals surface area contributed by atoms with Gasteiger partial charge in [-0.25, -0.2) is 9.59 Å². The predicted octanol–water partition coefficient (Wildman–Crippen LogP) is 2.89. The fourth-order valence-corrected chi connectivity index (χ4v) is 1.59. The number of carboxylic acids is 1. The quantitative estimate of drug-likeness (QED) is 0.859. The van der Waals surface area contributed by atoms with Gasteiger partial charge in [0.2, 0.25) is 0 Å². The second-order valence-electron chi connectivity index (χ2n) is 4.71. The van der Waals surface area contributed by atoms with Crippen LogP contribution in [0.4, 0.5) is 10.5 Å². The minimum atomic E-state index is -0.980. The SMILES string of the molecule is CCC(C)CN(C)C(=O)Nc1ccc(C(=O)O)cc1. The van der Waals surface area contributed by atoms with Crippen molar-refractivity contribution >= 4 is 17.7 Å². The van der Waals surface area contributed by atoms with Crippen LogP contribution in [0.2, 0.25) is 0 Å². The molecule has 0 radical (unpaired) electrons. The first-order valence-electron chi connectivity index (χ1n) is 6.29. The van der Waals surface area contributed by atoms with Crippen LogP contribution in [-0.4, -0.2) is 35.6 Å². The summed E-state index contributed by atoms with van der Waals surface area (Å²) >= 11 is 0. The highest BCUT2D eigenvalue weighted by Gasteiger charge is 2.11. The number of carboxylic acid groups (broad SMARTS) is 1. The highest BCUT2D eigenvalue weighted by atomic mass is 16.4. The van der Waals surface area contributed by atoms with Crippen LogP contribution < -0.4 is 5.32 Å². The number of nitrogens with one attached hydrogen (secondary N) is 1. The summed E-state index contributed by atoms with van der Waals surface area (Å²) in [4.78, 5) is 24.2. The molecule has 19 heavy (non-hydrogen) atoms. The monoisotopic (exact) mass is 264 g/mol. The van der Waals surface area contributed by atoms with Crippen LogP contribution in [0.15, 0.2) is 24.3 Å². The molecule has 0 aliphatic rings. The molecule has 1 rings (SSSR count). The van der Waals surface area contributed by atoms with E-state index >= 15 is 0 Å². The van der Waals surface area contributed by atoms with Gasteiger partial charge in [-0.3, -0.25) is 0 Å². The summed E-state index contributed by atoms with van der Waals surface area (Å²) in [6.07, 6.45) is 1.02. The predicted molar refractivity (Wildman–Crippen MR) is 74.5 cm³/mol. The average molecular weight is 264 g/mol. The summed E-state index contributed by atoms with van der Waals surface area (Å²) in [7, 11) is 1.74. The Balaban J connectivity index is 2.59. The van der Waals surface area contributed by atoms with Crippen LogP contribution in [0.25, 0.3) is 0 Å². The largest absolute Gasteiger partial charge is 0.478 e. The molecule has 0 aliphatic heterocycles. The first-order valence-corrected chi connectivity index (χ1v) is 6.29. The van der Waals surface area contributed by atoms with Crippen LogP contribution in [0.5, 0.6) is 0 Å². The zero-order chi connectivity index (χ0) is 14.4. The minimum Gasteiger partial charge on any atom is -0.478 e. The first-order chi connectivity index (χ1) is 8.93. The number of carbonyl (C=O) groups excluding carboxylic acids is 1. The molecule has 2 amide bonds. The van der Waals surface area contributed by atoms with Gasteiger partial charge < -0.3 is 15.3 Å². The van der Waals surface area contributed by atoms with E-state index < -0.39 is 5.97 Å². The molecular weight excluding hydrogens is 244 g/mol. The molecule has 0 saturated heterocycles. The molecule has 1 atom stereocenters. The van der Waals surface area contributed by atoms with E-state index in [4.69, 9.17) is 5.11 Å². The zero-order valence-electron chi connectivity index (χ0n) is 11.5. The lowest BCUT2D eigenvalue weighted by Crippen LogP contribution is -2.34. The number of benzene rings is 1. The maximum atomic E-state index is 11.9. The Hall–Kier alpha value is -2.04. The number of carbonyl (C=O) groups is 2. The van der Waals surface area contributed by atoms with Gasteiger partial charge in [-0.1, -0.05) is 20.3 Å². The van der Waals surface area contributed by atoms with Crippen molar-refractivity contribution in [3.05, 3.63) is 29.8 Å². The number of anilines is 1. The lowest BCUT2D eigenvalue weighted by atomic mass is 10.1. The molecule has 1 aromatic carbocycles. The van der Waals surface area contributed by atoms with Crippen molar-refractivity contribution in [2.45, 2.75) is 20.3 Å². The van der Waals surface area contributed by atoms with Crippen LogP contribution in [0.3, 0.4) is 0 Å². The van der Waals surface area contributed by atoms with Gasteiger partial charge >= 0.3 is 12.0 Å². The summed E-state index contributed by atoms with van der Waals surface area (Å²) in [6, 6.07) is 5.90. The summed E-state index contributed by atoms with van der Waals surface area (Å²) in [5.41, 5.74) is 0.789. The van der Waals surface area contributed by atoms with Crippen LogP contribution >= 0.6 is 0 Å². The van der Waals surface area contributed by atoms with Gasteiger partial charge in [0.15, 0.2) is 0 Å². The highest BCUT2D eigenvalue weighted by Crippen LogP contribution is 2.11. The Morgan fingerprint density at radius 2 is 1.89 bits per heavy atom. The molecule has 0 aliphatic carbocycles. The molecule has 0 spiro atoms. The van der Waals surface area contributed by atoms with E-state index in [1.54, 1.807) is 24.1 Å². The Labute approximate surface area is 113 Å². The Kier molecular flexibility index (Phi) is 5.36. The van der Waals surface area contributed by atoms with Gasteiger partial charge in [0.05, 0.1) is 5.56 Å². The zero-order valence-corrected chi connectivity index (χ0v) is 11.5. The molecule has 1 unspecified atom stereocenters. The molecule has 104 valence electrons. The van der Waals surface area contributed by atoms with E-state index in [1.807, 2.05) is 0 Å². The molecule has 5 nitrogen and oxygen atoms in total. The average Bonchev–Trinajstić information content (AvgIpc) is 2.38. The fraction of sp³-hybridized carbons (Fsp3) is 0.429. The van der Waals surface area contributed by atoms with Crippen LogP contribution in [0, 0.1) is 5.92 Å². The molecule has 2 N–H and O–H groups in total. The van der Waals surface area contributed by atoms with Crippen molar-refractivity contribution < 1.29 is 14.7 Å². The van der Waals surface area contributed by atoms with E-state index in [0.717, 1.165) is 6.42 Å². The van der Waals surface area contributed by atoms with Crippen LogP contribution in [0.1, 0.15) is 30.6 Å². The van der Waals surface area contributed by atoms with Crippen molar-refractivity contribution in [2.24, 2.45) is 5.92 Å². The Morgan fingerprint density at radius 3 is 2.37 bits per heavy atom. The molecule has 0 saturated carbocycles. The fourth-order valence-electron chi connectivity index (χ4n) is 1.59. The van der Waals surface area contributed by atoms with Gasteiger partial charge in [0.1, 0.15) is 0 Å². The van der Waals surface area contributed by atoms with Crippen LogP contribution in [-0.2, 0) is 0 Å². The Bertz CT molecular complexity index is 443. The number of aromatic carboxylic acids is 1. The molecule has 0 aromatic heterocycles. The van der Waals surface area contributed by atoms with E-state index in [2.05, 4.69) is 19.2 Å². The molecule has 0 heterocycles. The second kappa shape index (κ2) is 6.78. The molecule has 0 bridgehead atoms. The summed E-state index contributed by atoms with van der Waals surface area (Å²) in [5.74, 6) is -0.531. The van der Waals surface area contributed by atoms with Crippen molar-refractivity contribution in [1.82, 2.24) is 4.90 Å². The third-order valence-corrected chi connectivity index (χ3v) is 3.01. The van der Waals surface area contributed by atoms with Gasteiger partial charge in [-0.15, -0.1) is 0 Å². The number of urea groups is 1.